The van der Waals surface area contributed by atoms with E-state index in [1.54, 1.807) is 17.7 Å². The van der Waals surface area contributed by atoms with Crippen molar-refractivity contribution < 1.29 is 13.9 Å². The largest absolute Gasteiger partial charge is 0.460 e. The summed E-state index contributed by atoms with van der Waals surface area (Å²) in [6, 6.07) is 14.9. The van der Waals surface area contributed by atoms with Gasteiger partial charge in [0.05, 0.1) is 25.0 Å². The van der Waals surface area contributed by atoms with Crippen molar-refractivity contribution >= 4 is 43.9 Å². The van der Waals surface area contributed by atoms with Crippen LogP contribution in [0.15, 0.2) is 74.7 Å². The van der Waals surface area contributed by atoms with Gasteiger partial charge in [-0.2, -0.15) is 5.10 Å². The molecule has 0 amide bonds. The van der Waals surface area contributed by atoms with Gasteiger partial charge in [-0.3, -0.25) is 9.36 Å². The third-order valence-corrected chi connectivity index (χ3v) is 5.59. The summed E-state index contributed by atoms with van der Waals surface area (Å²) in [7, 11) is 0. The average molecular weight is 493 g/mol. The van der Waals surface area contributed by atoms with E-state index >= 15 is 0 Å². The van der Waals surface area contributed by atoms with E-state index in [0.717, 1.165) is 15.5 Å². The monoisotopic (exact) mass is 492 g/mol. The molecule has 0 bridgehead atoms. The molecule has 0 spiro atoms. The lowest BCUT2D eigenvalue weighted by Gasteiger charge is -2.07. The lowest BCUT2D eigenvalue weighted by atomic mass is 10.1. The number of aromatic nitrogens is 4. The Labute approximate surface area is 190 Å². The van der Waals surface area contributed by atoms with Crippen molar-refractivity contribution in [3.8, 4) is 5.69 Å². The molecule has 3 heterocycles. The Morgan fingerprint density at radius 1 is 1.16 bits per heavy atom. The van der Waals surface area contributed by atoms with E-state index in [2.05, 4.69) is 26.0 Å². The zero-order chi connectivity index (χ0) is 22.2. The van der Waals surface area contributed by atoms with Gasteiger partial charge >= 0.3 is 5.97 Å². The molecule has 0 fully saturated rings. The van der Waals surface area contributed by atoms with Gasteiger partial charge in [0.1, 0.15) is 17.3 Å². The Kier molecular flexibility index (Phi) is 5.10. The van der Waals surface area contributed by atoms with E-state index in [1.165, 1.54) is 17.1 Å². The second kappa shape index (κ2) is 8.08. The molecule has 0 saturated heterocycles. The maximum atomic E-state index is 13.2. The maximum absolute atomic E-state index is 13.2. The molecule has 5 aromatic rings. The highest BCUT2D eigenvalue weighted by molar-refractivity contribution is 9.10. The average Bonchev–Trinajstić information content (AvgIpc) is 3.39. The number of fused-ring (bicyclic) bond motifs is 2. The van der Waals surface area contributed by atoms with Gasteiger partial charge in [-0.1, -0.05) is 34.1 Å². The van der Waals surface area contributed by atoms with Crippen LogP contribution in [0, 0.1) is 0 Å². The molecule has 3 aromatic heterocycles. The number of furan rings is 1. The van der Waals surface area contributed by atoms with E-state index in [0.29, 0.717) is 22.2 Å². The highest BCUT2D eigenvalue weighted by Crippen LogP contribution is 2.30. The van der Waals surface area contributed by atoms with Gasteiger partial charge in [0.15, 0.2) is 5.65 Å². The van der Waals surface area contributed by atoms with Crippen LogP contribution < -0.4 is 5.56 Å². The summed E-state index contributed by atoms with van der Waals surface area (Å²) in [6.45, 7) is 2.03. The smallest absolute Gasteiger partial charge is 0.374 e. The first-order valence-electron chi connectivity index (χ1n) is 9.93. The summed E-state index contributed by atoms with van der Waals surface area (Å²) in [5.74, 6) is -0.499. The van der Waals surface area contributed by atoms with Crippen LogP contribution in [-0.4, -0.2) is 31.9 Å². The Morgan fingerprint density at radius 3 is 2.75 bits per heavy atom. The molecular formula is C23H17BrN4O4. The molecule has 0 radical (unpaired) electrons. The number of hydrogen-bond acceptors (Lipinski definition) is 6. The molecule has 2 aromatic carbocycles. The second-order valence-corrected chi connectivity index (χ2v) is 7.99. The fourth-order valence-electron chi connectivity index (χ4n) is 3.63. The molecule has 0 aliphatic rings. The first kappa shape index (κ1) is 20.2. The Hall–Kier alpha value is -3.72. The summed E-state index contributed by atoms with van der Waals surface area (Å²) in [6.07, 6.45) is 2.96. The Morgan fingerprint density at radius 2 is 1.97 bits per heavy atom. The number of ether oxygens (including phenoxy) is 1. The molecule has 0 aliphatic heterocycles. The van der Waals surface area contributed by atoms with Crippen molar-refractivity contribution in [2.45, 2.75) is 13.5 Å². The van der Waals surface area contributed by atoms with Crippen molar-refractivity contribution in [1.29, 1.82) is 0 Å². The minimum absolute atomic E-state index is 0.0759. The van der Waals surface area contributed by atoms with Gasteiger partial charge in [0.2, 0.25) is 5.76 Å². The number of esters is 1. The van der Waals surface area contributed by atoms with Crippen molar-refractivity contribution in [2.75, 3.05) is 6.61 Å². The number of rotatable bonds is 5. The summed E-state index contributed by atoms with van der Waals surface area (Å²) >= 11 is 3.45. The fourth-order valence-corrected chi connectivity index (χ4v) is 3.99. The third-order valence-electron chi connectivity index (χ3n) is 5.10. The van der Waals surface area contributed by atoms with Crippen LogP contribution in [0.4, 0.5) is 0 Å². The van der Waals surface area contributed by atoms with Crippen molar-refractivity contribution in [3.05, 3.63) is 87.2 Å². The number of halogens is 1. The van der Waals surface area contributed by atoms with Crippen molar-refractivity contribution in [3.63, 3.8) is 0 Å². The number of hydrogen-bond donors (Lipinski definition) is 0. The van der Waals surface area contributed by atoms with Crippen LogP contribution >= 0.6 is 15.9 Å². The van der Waals surface area contributed by atoms with Crippen LogP contribution in [0.3, 0.4) is 0 Å². The first-order valence-corrected chi connectivity index (χ1v) is 10.7. The van der Waals surface area contributed by atoms with Crippen LogP contribution in [0.25, 0.3) is 27.7 Å². The van der Waals surface area contributed by atoms with Crippen molar-refractivity contribution in [2.24, 2.45) is 0 Å². The Bertz CT molecular complexity index is 1520. The molecule has 5 rings (SSSR count). The van der Waals surface area contributed by atoms with E-state index in [9.17, 15) is 9.59 Å². The normalized spacial score (nSPS) is 11.3. The summed E-state index contributed by atoms with van der Waals surface area (Å²) < 4.78 is 14.8. The third kappa shape index (κ3) is 3.40. The van der Waals surface area contributed by atoms with Crippen LogP contribution in [0.1, 0.15) is 23.0 Å². The van der Waals surface area contributed by atoms with Crippen molar-refractivity contribution in [1.82, 2.24) is 19.3 Å². The van der Waals surface area contributed by atoms with Gasteiger partial charge in [0.25, 0.3) is 5.56 Å². The molecule has 0 N–H and O–H groups in total. The highest BCUT2D eigenvalue weighted by atomic mass is 79.9. The first-order chi connectivity index (χ1) is 15.6. The van der Waals surface area contributed by atoms with E-state index in [1.807, 2.05) is 42.5 Å². The van der Waals surface area contributed by atoms with Crippen LogP contribution in [-0.2, 0) is 11.3 Å². The molecule has 8 nitrogen and oxygen atoms in total. The molecule has 0 saturated carbocycles. The number of carbonyl (C=O) groups is 1. The summed E-state index contributed by atoms with van der Waals surface area (Å²) in [5.41, 5.74) is 2.09. The molecule has 0 atom stereocenters. The minimum atomic E-state index is -0.575. The molecule has 0 unspecified atom stereocenters. The predicted molar refractivity (Wildman–Crippen MR) is 122 cm³/mol. The predicted octanol–water partition coefficient (Wildman–Crippen LogP) is 4.32. The summed E-state index contributed by atoms with van der Waals surface area (Å²) in [4.78, 5) is 30.2. The fraction of sp³-hybridized carbons (Fsp3) is 0.130. The van der Waals surface area contributed by atoms with Gasteiger partial charge in [-0.25, -0.2) is 14.5 Å². The van der Waals surface area contributed by atoms with E-state index < -0.39 is 5.97 Å². The number of benzene rings is 2. The lowest BCUT2D eigenvalue weighted by molar-refractivity contribution is 0.0490. The highest BCUT2D eigenvalue weighted by Gasteiger charge is 2.23. The van der Waals surface area contributed by atoms with Gasteiger partial charge < -0.3 is 9.15 Å². The summed E-state index contributed by atoms with van der Waals surface area (Å²) in [5, 5.41) is 5.43. The molecule has 160 valence electrons. The SMILES string of the molecule is CCOC(=O)c1oc2ccc(Br)cc2c1Cn1cnc2c(cnn2-c2ccccc2)c1=O. The molecule has 32 heavy (non-hydrogen) atoms. The van der Waals surface area contributed by atoms with Gasteiger partial charge in [-0.05, 0) is 37.3 Å². The second-order valence-electron chi connectivity index (χ2n) is 7.08. The number of carbonyl (C=O) groups excluding carboxylic acids is 1. The zero-order valence-corrected chi connectivity index (χ0v) is 18.6. The molecule has 9 heteroatoms. The topological polar surface area (TPSA) is 92.2 Å². The Balaban J connectivity index is 1.63. The van der Waals surface area contributed by atoms with Gasteiger partial charge in [0, 0.05) is 15.4 Å². The van der Waals surface area contributed by atoms with Gasteiger partial charge in [-0.15, -0.1) is 0 Å². The number of para-hydroxylation sites is 1. The van der Waals surface area contributed by atoms with E-state index in [4.69, 9.17) is 9.15 Å². The lowest BCUT2D eigenvalue weighted by Crippen LogP contribution is -2.22. The quantitative estimate of drug-likeness (QED) is 0.339. The zero-order valence-electron chi connectivity index (χ0n) is 17.0. The standard InChI is InChI=1S/C23H17BrN4O4/c1-2-31-23(30)20-18(16-10-14(24)8-9-19(16)32-20)12-27-13-25-21-17(22(27)29)11-26-28(21)15-6-4-3-5-7-15/h3-11,13H,2,12H2,1H3. The minimum Gasteiger partial charge on any atom is -0.460 e. The molecular weight excluding hydrogens is 476 g/mol. The van der Waals surface area contributed by atoms with Crippen LogP contribution in [0.2, 0.25) is 0 Å². The van der Waals surface area contributed by atoms with E-state index in [-0.39, 0.29) is 24.5 Å². The van der Waals surface area contributed by atoms with Crippen LogP contribution in [0.5, 0.6) is 0 Å². The molecule has 0 aliphatic carbocycles. The number of nitrogens with zero attached hydrogens (tertiary/aromatic N) is 4. The maximum Gasteiger partial charge on any atom is 0.374 e.